The van der Waals surface area contributed by atoms with E-state index in [1.807, 2.05) is 0 Å². The number of sulfone groups is 1. The first kappa shape index (κ1) is 15.3. The minimum absolute atomic E-state index is 0.0673. The maximum atomic E-state index is 13.3. The second-order valence-corrected chi connectivity index (χ2v) is 7.41. The predicted molar refractivity (Wildman–Crippen MR) is 73.0 cm³/mol. The molecule has 7 heteroatoms. The summed E-state index contributed by atoms with van der Waals surface area (Å²) in [6.07, 6.45) is 0.521. The second-order valence-electron chi connectivity index (χ2n) is 5.18. The van der Waals surface area contributed by atoms with E-state index in [2.05, 4.69) is 0 Å². The van der Waals surface area contributed by atoms with Crippen LogP contribution >= 0.6 is 0 Å². The summed E-state index contributed by atoms with van der Waals surface area (Å²) in [6.45, 7) is 0.163. The van der Waals surface area contributed by atoms with Crippen LogP contribution in [0.5, 0.6) is 0 Å². The Bertz CT molecular complexity index is 572. The fourth-order valence-corrected chi connectivity index (χ4v) is 4.44. The summed E-state index contributed by atoms with van der Waals surface area (Å²) < 4.78 is 49.6. The quantitative estimate of drug-likeness (QED) is 0.904. The van der Waals surface area contributed by atoms with Gasteiger partial charge in [0.05, 0.1) is 11.5 Å². The minimum atomic E-state index is -3.01. The number of halogens is 2. The van der Waals surface area contributed by atoms with Crippen molar-refractivity contribution in [2.24, 2.45) is 5.73 Å². The lowest BCUT2D eigenvalue weighted by Crippen LogP contribution is -2.39. The van der Waals surface area contributed by atoms with Crippen LogP contribution in [0.2, 0.25) is 0 Å². The molecular weight excluding hydrogens is 286 g/mol. The van der Waals surface area contributed by atoms with Crippen molar-refractivity contribution in [2.45, 2.75) is 18.5 Å². The molecule has 1 aromatic carbocycles. The fourth-order valence-electron chi connectivity index (χ4n) is 2.66. The van der Waals surface area contributed by atoms with Crippen LogP contribution in [0.1, 0.15) is 18.0 Å². The van der Waals surface area contributed by atoms with Crippen molar-refractivity contribution in [1.29, 1.82) is 0 Å². The number of hydrogen-bond acceptors (Lipinski definition) is 4. The first-order valence-corrected chi connectivity index (χ1v) is 8.23. The van der Waals surface area contributed by atoms with Crippen molar-refractivity contribution >= 4 is 9.84 Å². The number of rotatable bonds is 4. The third-order valence-corrected chi connectivity index (χ3v) is 5.52. The lowest BCUT2D eigenvalue weighted by molar-refractivity contribution is 0.192. The van der Waals surface area contributed by atoms with Gasteiger partial charge in [-0.1, -0.05) is 0 Å². The van der Waals surface area contributed by atoms with Crippen LogP contribution in [0.4, 0.5) is 8.78 Å². The molecule has 0 amide bonds. The van der Waals surface area contributed by atoms with Gasteiger partial charge in [-0.25, -0.2) is 17.2 Å². The summed E-state index contributed by atoms with van der Waals surface area (Å²) in [5.41, 5.74) is 6.13. The van der Waals surface area contributed by atoms with E-state index in [9.17, 15) is 17.2 Å². The van der Waals surface area contributed by atoms with E-state index in [1.165, 1.54) is 12.1 Å². The molecule has 20 heavy (non-hydrogen) atoms. The summed E-state index contributed by atoms with van der Waals surface area (Å²) in [5, 5.41) is 0. The van der Waals surface area contributed by atoms with Gasteiger partial charge < -0.3 is 5.73 Å². The Kier molecular flexibility index (Phi) is 4.41. The van der Waals surface area contributed by atoms with E-state index in [0.717, 1.165) is 6.07 Å². The molecule has 0 radical (unpaired) electrons. The zero-order chi connectivity index (χ0) is 14.9. The highest BCUT2D eigenvalue weighted by atomic mass is 32.2. The number of likely N-dealkylation sites (N-methyl/N-ethyl adjacent to an activating group) is 1. The van der Waals surface area contributed by atoms with Crippen LogP contribution in [0.3, 0.4) is 0 Å². The van der Waals surface area contributed by atoms with E-state index < -0.39 is 27.5 Å². The molecule has 2 N–H and O–H groups in total. The predicted octanol–water partition coefficient (Wildman–Crippen LogP) is 1.08. The zero-order valence-electron chi connectivity index (χ0n) is 11.2. The van der Waals surface area contributed by atoms with Gasteiger partial charge in [-0.05, 0) is 31.2 Å². The molecule has 2 unspecified atom stereocenters. The molecule has 4 nitrogen and oxygen atoms in total. The molecular formula is C13H18F2N2O2S. The topological polar surface area (TPSA) is 63.4 Å². The van der Waals surface area contributed by atoms with Gasteiger partial charge in [-0.15, -0.1) is 0 Å². The molecule has 1 fully saturated rings. The summed E-state index contributed by atoms with van der Waals surface area (Å²) in [4.78, 5) is 1.80. The maximum Gasteiger partial charge on any atom is 0.151 e. The van der Waals surface area contributed by atoms with E-state index >= 15 is 0 Å². The Hall–Kier alpha value is -1.05. The summed E-state index contributed by atoms with van der Waals surface area (Å²) in [5.74, 6) is -1.11. The van der Waals surface area contributed by atoms with Crippen molar-refractivity contribution in [2.75, 3.05) is 25.1 Å². The summed E-state index contributed by atoms with van der Waals surface area (Å²) in [6, 6.07) is 2.71. The molecule has 2 rings (SSSR count). The number of nitrogens with zero attached hydrogens (tertiary/aromatic N) is 1. The molecule has 1 aromatic rings. The molecule has 1 aliphatic heterocycles. The maximum absolute atomic E-state index is 13.3. The van der Waals surface area contributed by atoms with Gasteiger partial charge >= 0.3 is 0 Å². The lowest BCUT2D eigenvalue weighted by Gasteiger charge is -2.32. The Morgan fingerprint density at radius 1 is 1.35 bits per heavy atom. The first-order chi connectivity index (χ1) is 9.32. The van der Waals surface area contributed by atoms with Gasteiger partial charge in [0.1, 0.15) is 11.6 Å². The minimum Gasteiger partial charge on any atom is -0.329 e. The first-order valence-electron chi connectivity index (χ1n) is 6.41. The average molecular weight is 304 g/mol. The van der Waals surface area contributed by atoms with E-state index in [1.54, 1.807) is 11.9 Å². The molecule has 0 spiro atoms. The highest BCUT2D eigenvalue weighted by molar-refractivity contribution is 7.91. The van der Waals surface area contributed by atoms with Crippen molar-refractivity contribution in [3.8, 4) is 0 Å². The number of hydrogen-bond donors (Lipinski definition) is 1. The molecule has 1 aliphatic rings. The van der Waals surface area contributed by atoms with Gasteiger partial charge in [0, 0.05) is 24.7 Å². The summed E-state index contributed by atoms with van der Waals surface area (Å²) in [7, 11) is -1.27. The molecule has 0 aromatic heterocycles. The van der Waals surface area contributed by atoms with Gasteiger partial charge in [-0.2, -0.15) is 0 Å². The van der Waals surface area contributed by atoms with Gasteiger partial charge in [-0.3, -0.25) is 4.90 Å². The second kappa shape index (κ2) is 5.75. The van der Waals surface area contributed by atoms with Crippen LogP contribution in [0.15, 0.2) is 18.2 Å². The third-order valence-electron chi connectivity index (χ3n) is 3.77. The largest absolute Gasteiger partial charge is 0.329 e. The number of benzene rings is 1. The molecule has 0 bridgehead atoms. The lowest BCUT2D eigenvalue weighted by atomic mass is 10.0. The monoisotopic (exact) mass is 304 g/mol. The van der Waals surface area contributed by atoms with Crippen molar-refractivity contribution in [3.05, 3.63) is 35.4 Å². The van der Waals surface area contributed by atoms with Gasteiger partial charge in [0.25, 0.3) is 0 Å². The van der Waals surface area contributed by atoms with Crippen LogP contribution in [-0.2, 0) is 9.84 Å². The molecule has 0 saturated carbocycles. The van der Waals surface area contributed by atoms with Crippen LogP contribution in [0.25, 0.3) is 0 Å². The van der Waals surface area contributed by atoms with Crippen molar-refractivity contribution in [1.82, 2.24) is 4.90 Å². The smallest absolute Gasteiger partial charge is 0.151 e. The van der Waals surface area contributed by atoms with Crippen LogP contribution in [0, 0.1) is 11.6 Å². The highest BCUT2D eigenvalue weighted by Gasteiger charge is 2.33. The van der Waals surface area contributed by atoms with E-state index in [4.69, 9.17) is 5.73 Å². The SMILES string of the molecule is CN(C1CCS(=O)(=O)C1)C(CN)c1cc(F)cc(F)c1. The molecule has 1 heterocycles. The summed E-state index contributed by atoms with van der Waals surface area (Å²) >= 11 is 0. The van der Waals surface area contributed by atoms with Crippen LogP contribution < -0.4 is 5.73 Å². The van der Waals surface area contributed by atoms with Crippen LogP contribution in [-0.4, -0.2) is 44.5 Å². The molecule has 2 atom stereocenters. The van der Waals surface area contributed by atoms with Crippen molar-refractivity contribution < 1.29 is 17.2 Å². The Balaban J connectivity index is 2.23. The van der Waals surface area contributed by atoms with Gasteiger partial charge in [0.15, 0.2) is 9.84 Å². The van der Waals surface area contributed by atoms with Gasteiger partial charge in [0.2, 0.25) is 0 Å². The molecule has 1 saturated heterocycles. The Labute approximate surface area is 117 Å². The fraction of sp³-hybridized carbons (Fsp3) is 0.538. The zero-order valence-corrected chi connectivity index (χ0v) is 12.0. The highest BCUT2D eigenvalue weighted by Crippen LogP contribution is 2.26. The molecule has 112 valence electrons. The Morgan fingerprint density at radius 3 is 2.40 bits per heavy atom. The standard InChI is InChI=1S/C13H18F2N2O2S/c1-17(12-2-3-20(18,19)8-12)13(7-16)9-4-10(14)6-11(15)5-9/h4-6,12-13H,2-3,7-8,16H2,1H3. The Morgan fingerprint density at radius 2 is 1.95 bits per heavy atom. The average Bonchev–Trinajstić information content (AvgIpc) is 2.69. The normalized spacial score (nSPS) is 23.1. The molecule has 0 aliphatic carbocycles. The number of nitrogens with two attached hydrogens (primary N) is 1. The van der Waals surface area contributed by atoms with Crippen molar-refractivity contribution in [3.63, 3.8) is 0 Å². The van der Waals surface area contributed by atoms with E-state index in [0.29, 0.717) is 12.0 Å². The third kappa shape index (κ3) is 3.34. The van der Waals surface area contributed by atoms with E-state index in [-0.39, 0.29) is 24.1 Å².